The number of amides is 1. The fourth-order valence-electron chi connectivity index (χ4n) is 4.44. The maximum Gasteiger partial charge on any atom is 0.409 e. The van der Waals surface area contributed by atoms with E-state index in [1.807, 2.05) is 12.1 Å². The Morgan fingerprint density at radius 3 is 2.44 bits per heavy atom. The lowest BCUT2D eigenvalue weighted by Gasteiger charge is -2.30. The van der Waals surface area contributed by atoms with Gasteiger partial charge in [0.05, 0.1) is 21.8 Å². The molecule has 0 bridgehead atoms. The molecule has 0 saturated carbocycles. The van der Waals surface area contributed by atoms with Crippen LogP contribution < -0.4 is 5.32 Å². The first-order chi connectivity index (χ1) is 16.7. The molecule has 1 N–H and O–H groups in total. The van der Waals surface area contributed by atoms with Crippen molar-refractivity contribution in [2.75, 3.05) is 0 Å². The van der Waals surface area contributed by atoms with E-state index in [0.717, 1.165) is 42.5 Å². The van der Waals surface area contributed by atoms with Crippen molar-refractivity contribution in [2.24, 2.45) is 4.40 Å². The molecule has 4 rings (SSSR count). The SMILES string of the molecule is CC(C)(C)OC(=O)NC1CCCc2cc(C3=NSC(c4cc(Cl)c(F)c(Cl)c4)(C(F)(F)F)C3)ccc21. The van der Waals surface area contributed by atoms with Gasteiger partial charge in [-0.25, -0.2) is 13.6 Å². The van der Waals surface area contributed by atoms with Crippen LogP contribution in [0.3, 0.4) is 0 Å². The van der Waals surface area contributed by atoms with E-state index in [2.05, 4.69) is 9.71 Å². The molecule has 4 nitrogen and oxygen atoms in total. The normalized spacial score (nSPS) is 22.1. The van der Waals surface area contributed by atoms with Crippen LogP contribution in [0.1, 0.15) is 68.3 Å². The monoisotopic (exact) mass is 562 g/mol. The molecular formula is C25H24Cl2F4N2O2S. The lowest BCUT2D eigenvalue weighted by atomic mass is 9.84. The van der Waals surface area contributed by atoms with Gasteiger partial charge in [-0.2, -0.15) is 13.2 Å². The average molecular weight is 563 g/mol. The van der Waals surface area contributed by atoms with Crippen molar-refractivity contribution < 1.29 is 27.1 Å². The molecule has 2 aromatic rings. The smallest absolute Gasteiger partial charge is 0.409 e. The van der Waals surface area contributed by atoms with Crippen molar-refractivity contribution in [3.8, 4) is 0 Å². The van der Waals surface area contributed by atoms with E-state index < -0.39 is 44.9 Å². The summed E-state index contributed by atoms with van der Waals surface area (Å²) in [4.78, 5) is 12.3. The number of carbonyl (C=O) groups is 1. The predicted octanol–water partition coefficient (Wildman–Crippen LogP) is 8.33. The number of alkyl halides is 3. The molecule has 2 aliphatic rings. The highest BCUT2D eigenvalue weighted by Crippen LogP contribution is 2.57. The minimum Gasteiger partial charge on any atom is -0.444 e. The zero-order valence-electron chi connectivity index (χ0n) is 19.7. The van der Waals surface area contributed by atoms with Crippen molar-refractivity contribution in [1.82, 2.24) is 5.32 Å². The second-order valence-corrected chi connectivity index (χ2v) is 11.8. The van der Waals surface area contributed by atoms with Gasteiger partial charge in [-0.3, -0.25) is 0 Å². The van der Waals surface area contributed by atoms with Crippen LogP contribution in [-0.2, 0) is 15.9 Å². The number of carbonyl (C=O) groups excluding carboxylic acids is 1. The molecule has 0 fully saturated rings. The van der Waals surface area contributed by atoms with Crippen LogP contribution in [0, 0.1) is 5.82 Å². The van der Waals surface area contributed by atoms with Crippen molar-refractivity contribution in [3.05, 3.63) is 68.4 Å². The molecule has 1 aliphatic carbocycles. The number of aryl methyl sites for hydroxylation is 1. The van der Waals surface area contributed by atoms with Crippen LogP contribution in [0.25, 0.3) is 0 Å². The van der Waals surface area contributed by atoms with Gasteiger partial charge in [0.25, 0.3) is 0 Å². The van der Waals surface area contributed by atoms with E-state index in [9.17, 15) is 22.4 Å². The Labute approximate surface area is 220 Å². The van der Waals surface area contributed by atoms with Crippen LogP contribution in [0.4, 0.5) is 22.4 Å². The van der Waals surface area contributed by atoms with Crippen molar-refractivity contribution in [1.29, 1.82) is 0 Å². The number of benzene rings is 2. The first-order valence-corrected chi connectivity index (χ1v) is 12.8. The minimum atomic E-state index is -4.70. The molecule has 2 atom stereocenters. The van der Waals surface area contributed by atoms with E-state index in [4.69, 9.17) is 27.9 Å². The van der Waals surface area contributed by atoms with E-state index in [0.29, 0.717) is 17.5 Å². The highest BCUT2D eigenvalue weighted by molar-refractivity contribution is 7.99. The number of nitrogens with zero attached hydrogens (tertiary/aromatic N) is 1. The van der Waals surface area contributed by atoms with Crippen LogP contribution >= 0.6 is 35.1 Å². The molecule has 1 heterocycles. The topological polar surface area (TPSA) is 50.7 Å². The van der Waals surface area contributed by atoms with Crippen LogP contribution in [0.15, 0.2) is 34.7 Å². The Kier molecular flexibility index (Phi) is 7.31. The number of hydrogen-bond acceptors (Lipinski definition) is 4. The van der Waals surface area contributed by atoms with Crippen LogP contribution in [0.2, 0.25) is 10.0 Å². The maximum atomic E-state index is 14.4. The molecule has 11 heteroatoms. The van der Waals surface area contributed by atoms with Crippen molar-refractivity contribution in [3.63, 3.8) is 0 Å². The molecule has 0 spiro atoms. The lowest BCUT2D eigenvalue weighted by molar-refractivity contribution is -0.159. The van der Waals surface area contributed by atoms with Crippen molar-refractivity contribution in [2.45, 2.75) is 69.0 Å². The third-order valence-corrected chi connectivity index (χ3v) is 7.90. The summed E-state index contributed by atoms with van der Waals surface area (Å²) >= 11 is 12.0. The molecule has 1 amide bonds. The van der Waals surface area contributed by atoms with Gasteiger partial charge in [0.1, 0.15) is 5.60 Å². The highest BCUT2D eigenvalue weighted by atomic mass is 35.5. The standard InChI is InChI=1S/C25H24Cl2F4N2O2S/c1-23(2,3)35-22(34)32-19-6-4-5-13-9-14(7-8-16(13)19)20-12-24(36-33-20,25(29,30)31)15-10-17(26)21(28)18(27)11-15/h7-11,19H,4-6,12H2,1-3H3,(H,32,34). The second kappa shape index (κ2) is 9.72. The summed E-state index contributed by atoms with van der Waals surface area (Å²) in [5.74, 6) is -0.965. The Bertz CT molecular complexity index is 1210. The van der Waals surface area contributed by atoms with Crippen LogP contribution in [-0.4, -0.2) is 23.6 Å². The fraction of sp³-hybridized carbons (Fsp3) is 0.440. The van der Waals surface area contributed by atoms with Gasteiger partial charge < -0.3 is 10.1 Å². The number of hydrogen-bond donors (Lipinski definition) is 1. The molecule has 1 aliphatic heterocycles. The predicted molar refractivity (Wildman–Crippen MR) is 134 cm³/mol. The highest BCUT2D eigenvalue weighted by Gasteiger charge is 2.60. The zero-order valence-corrected chi connectivity index (χ0v) is 22.1. The van der Waals surface area contributed by atoms with Crippen molar-refractivity contribution >= 4 is 47.0 Å². The number of rotatable bonds is 3. The third-order valence-electron chi connectivity index (χ3n) is 6.12. The first-order valence-electron chi connectivity index (χ1n) is 11.3. The quantitative estimate of drug-likeness (QED) is 0.232. The fourth-order valence-corrected chi connectivity index (χ4v) is 5.89. The van der Waals surface area contributed by atoms with E-state index in [1.165, 1.54) is 0 Å². The average Bonchev–Trinajstić information content (AvgIpc) is 3.23. The summed E-state index contributed by atoms with van der Waals surface area (Å²) in [5, 5.41) is 1.93. The number of ether oxygens (including phenoxy) is 1. The summed E-state index contributed by atoms with van der Waals surface area (Å²) in [6.45, 7) is 5.34. The summed E-state index contributed by atoms with van der Waals surface area (Å²) in [5.41, 5.74) is 1.78. The molecule has 194 valence electrons. The molecular weight excluding hydrogens is 539 g/mol. The summed E-state index contributed by atoms with van der Waals surface area (Å²) in [6, 6.07) is 7.02. The van der Waals surface area contributed by atoms with Gasteiger partial charge in [0, 0.05) is 6.42 Å². The summed E-state index contributed by atoms with van der Waals surface area (Å²) in [7, 11) is 0. The molecule has 0 radical (unpaired) electrons. The van der Waals surface area contributed by atoms with Crippen LogP contribution in [0.5, 0.6) is 0 Å². The number of halogens is 6. The first kappa shape index (κ1) is 27.1. The van der Waals surface area contributed by atoms with Gasteiger partial charge in [-0.1, -0.05) is 35.3 Å². The largest absolute Gasteiger partial charge is 0.444 e. The molecule has 0 aromatic heterocycles. The van der Waals surface area contributed by atoms with E-state index in [-0.39, 0.29) is 17.3 Å². The molecule has 0 saturated heterocycles. The van der Waals surface area contributed by atoms with Gasteiger partial charge >= 0.3 is 12.3 Å². The zero-order chi connectivity index (χ0) is 26.5. The van der Waals surface area contributed by atoms with Gasteiger partial charge in [0.15, 0.2) is 10.6 Å². The van der Waals surface area contributed by atoms with E-state index in [1.54, 1.807) is 26.8 Å². The second-order valence-electron chi connectivity index (χ2n) is 9.89. The Morgan fingerprint density at radius 1 is 1.17 bits per heavy atom. The van der Waals surface area contributed by atoms with Gasteiger partial charge in [0.2, 0.25) is 0 Å². The maximum absolute atomic E-state index is 14.4. The lowest BCUT2D eigenvalue weighted by Crippen LogP contribution is -2.38. The van der Waals surface area contributed by atoms with Gasteiger partial charge in [-0.05, 0) is 92.4 Å². The Morgan fingerprint density at radius 2 is 1.83 bits per heavy atom. The molecule has 36 heavy (non-hydrogen) atoms. The van der Waals surface area contributed by atoms with E-state index >= 15 is 0 Å². The Balaban J connectivity index is 1.61. The number of fused-ring (bicyclic) bond motifs is 1. The van der Waals surface area contributed by atoms with Gasteiger partial charge in [-0.15, -0.1) is 0 Å². The molecule has 2 unspecified atom stereocenters. The summed E-state index contributed by atoms with van der Waals surface area (Å²) < 4.78 is 64.2. The number of nitrogens with one attached hydrogen (secondary N) is 1. The minimum absolute atomic E-state index is 0.254. The third kappa shape index (κ3) is 5.34. The number of alkyl carbamates (subject to hydrolysis) is 1. The molecule has 2 aromatic carbocycles. The summed E-state index contributed by atoms with van der Waals surface area (Å²) in [6.07, 6.45) is -3.43. The Hall–Kier alpha value is -1.97.